The van der Waals surface area contributed by atoms with E-state index in [-0.39, 0.29) is 22.1 Å². The smallest absolute Gasteiger partial charge is 0.377 e. The van der Waals surface area contributed by atoms with E-state index in [2.05, 4.69) is 10.3 Å². The first-order valence-corrected chi connectivity index (χ1v) is 10.6. The van der Waals surface area contributed by atoms with E-state index >= 15 is 0 Å². The lowest BCUT2D eigenvalue weighted by atomic mass is 9.90. The van der Waals surface area contributed by atoms with Crippen LogP contribution in [0.25, 0.3) is 10.9 Å². The van der Waals surface area contributed by atoms with Crippen LogP contribution in [0.15, 0.2) is 36.4 Å². The number of fused-ring (bicyclic) bond motifs is 1. The van der Waals surface area contributed by atoms with Crippen LogP contribution in [0.5, 0.6) is 0 Å². The average Bonchev–Trinajstić information content (AvgIpc) is 3.13. The molecule has 0 unspecified atom stereocenters. The summed E-state index contributed by atoms with van der Waals surface area (Å²) >= 11 is 6.20. The predicted octanol–water partition coefficient (Wildman–Crippen LogP) is 4.26. The average molecular weight is 458 g/mol. The molecule has 1 aliphatic rings. The summed E-state index contributed by atoms with van der Waals surface area (Å²) in [5, 5.41) is 12.5. The number of hydrogen-bond donors (Lipinski definition) is 3. The maximum atomic E-state index is 13.1. The first kappa shape index (κ1) is 21.8. The Morgan fingerprint density at radius 2 is 1.91 bits per heavy atom. The number of carboxylic acid groups (broad SMARTS) is 1. The van der Waals surface area contributed by atoms with Crippen molar-refractivity contribution in [3.05, 3.63) is 58.4 Å². The van der Waals surface area contributed by atoms with Gasteiger partial charge in [-0.3, -0.25) is 9.59 Å². The number of carboxylic acids is 1. The van der Waals surface area contributed by atoms with Gasteiger partial charge in [0.1, 0.15) is 11.6 Å². The van der Waals surface area contributed by atoms with Gasteiger partial charge in [-0.2, -0.15) is 0 Å². The molecule has 0 atom stereocenters. The Labute approximate surface area is 188 Å². The Morgan fingerprint density at radius 1 is 1.22 bits per heavy atom. The number of hydrogen-bond acceptors (Lipinski definition) is 4. The van der Waals surface area contributed by atoms with Gasteiger partial charge >= 0.3 is 5.97 Å². The van der Waals surface area contributed by atoms with E-state index in [9.17, 15) is 23.9 Å². The molecule has 3 aromatic rings. The number of nitrogens with zero attached hydrogens (tertiary/aromatic N) is 1. The van der Waals surface area contributed by atoms with Gasteiger partial charge in [-0.05, 0) is 55.0 Å². The third-order valence-corrected chi connectivity index (χ3v) is 6.18. The molecule has 1 saturated heterocycles. The minimum absolute atomic E-state index is 0.0510. The standard InChI is InChI=1S/C23H21ClFN3O4/c24-17-11-18-16(10-19(17)26-12-29)20(21(30)23(31)32)22(27-18)28-7-5-14(6-8-28)9-13-1-3-15(25)4-2-13/h1-4,10-12,14,27H,5-9H2,(H,26,29)(H,31,32). The number of carbonyl (C=O) groups excluding carboxylic acids is 2. The van der Waals surface area contributed by atoms with Gasteiger partial charge in [0.15, 0.2) is 0 Å². The minimum Gasteiger partial charge on any atom is -0.475 e. The number of rotatable bonds is 7. The molecule has 0 spiro atoms. The van der Waals surface area contributed by atoms with E-state index in [0.29, 0.717) is 42.1 Å². The number of ketones is 1. The SMILES string of the molecule is O=CNc1cc2c(C(=O)C(=O)O)c(N3CCC(Cc4ccc(F)cc4)CC3)[nH]c2cc1Cl. The number of nitrogens with one attached hydrogen (secondary N) is 2. The maximum absolute atomic E-state index is 13.1. The lowest BCUT2D eigenvalue weighted by molar-refractivity contribution is -0.131. The number of amides is 1. The van der Waals surface area contributed by atoms with E-state index < -0.39 is 11.8 Å². The van der Waals surface area contributed by atoms with Crippen molar-refractivity contribution in [2.45, 2.75) is 19.3 Å². The highest BCUT2D eigenvalue weighted by Crippen LogP contribution is 2.36. The quantitative estimate of drug-likeness (QED) is 0.279. The molecule has 1 amide bonds. The van der Waals surface area contributed by atoms with E-state index in [1.165, 1.54) is 18.2 Å². The molecule has 0 radical (unpaired) electrons. The highest BCUT2D eigenvalue weighted by Gasteiger charge is 2.29. The Morgan fingerprint density at radius 3 is 2.53 bits per heavy atom. The zero-order valence-corrected chi connectivity index (χ0v) is 17.8. The number of Topliss-reactive ketones (excluding diaryl/α,β-unsaturated/α-hetero) is 1. The second-order valence-electron chi connectivity index (χ2n) is 7.88. The number of benzene rings is 2. The van der Waals surface area contributed by atoms with Gasteiger partial charge in [0.2, 0.25) is 6.41 Å². The highest BCUT2D eigenvalue weighted by atomic mass is 35.5. The summed E-state index contributed by atoms with van der Waals surface area (Å²) in [6.07, 6.45) is 2.97. The number of aliphatic carboxylic acids is 1. The van der Waals surface area contributed by atoms with Crippen molar-refractivity contribution < 1.29 is 23.9 Å². The van der Waals surface area contributed by atoms with Crippen molar-refractivity contribution in [3.63, 3.8) is 0 Å². The molecule has 7 nitrogen and oxygen atoms in total. The van der Waals surface area contributed by atoms with Gasteiger partial charge < -0.3 is 20.3 Å². The van der Waals surface area contributed by atoms with Crippen LogP contribution in [0, 0.1) is 11.7 Å². The molecular formula is C23H21ClFN3O4. The molecule has 3 N–H and O–H groups in total. The highest BCUT2D eigenvalue weighted by molar-refractivity contribution is 6.44. The second kappa shape index (κ2) is 9.00. The van der Waals surface area contributed by atoms with Crippen LogP contribution < -0.4 is 10.2 Å². The van der Waals surface area contributed by atoms with Gasteiger partial charge in [-0.15, -0.1) is 0 Å². The number of carbonyl (C=O) groups is 3. The van der Waals surface area contributed by atoms with Crippen molar-refractivity contribution in [1.82, 2.24) is 4.98 Å². The fraction of sp³-hybridized carbons (Fsp3) is 0.261. The molecule has 0 bridgehead atoms. The summed E-state index contributed by atoms with van der Waals surface area (Å²) < 4.78 is 13.1. The number of piperidine rings is 1. The Hall–Kier alpha value is -3.39. The van der Waals surface area contributed by atoms with Crippen LogP contribution in [-0.2, 0) is 16.0 Å². The van der Waals surface area contributed by atoms with Crippen molar-refractivity contribution >= 4 is 52.2 Å². The molecule has 0 saturated carbocycles. The van der Waals surface area contributed by atoms with E-state index in [1.54, 1.807) is 18.2 Å². The normalized spacial score (nSPS) is 14.5. The van der Waals surface area contributed by atoms with Crippen LogP contribution in [-0.4, -0.2) is 41.3 Å². The van der Waals surface area contributed by atoms with Crippen molar-refractivity contribution in [3.8, 4) is 0 Å². The fourth-order valence-electron chi connectivity index (χ4n) is 4.26. The number of aromatic amines is 1. The second-order valence-corrected chi connectivity index (χ2v) is 8.29. The third-order valence-electron chi connectivity index (χ3n) is 5.87. The van der Waals surface area contributed by atoms with Crippen LogP contribution in [0.3, 0.4) is 0 Å². The largest absolute Gasteiger partial charge is 0.475 e. The van der Waals surface area contributed by atoms with Crippen molar-refractivity contribution in [2.24, 2.45) is 5.92 Å². The molecular weight excluding hydrogens is 437 g/mol. The molecule has 1 aromatic heterocycles. The molecule has 9 heteroatoms. The molecule has 166 valence electrons. The van der Waals surface area contributed by atoms with E-state index in [0.717, 1.165) is 24.8 Å². The number of anilines is 2. The maximum Gasteiger partial charge on any atom is 0.377 e. The Bertz CT molecular complexity index is 1180. The lowest BCUT2D eigenvalue weighted by Crippen LogP contribution is -2.35. The zero-order valence-electron chi connectivity index (χ0n) is 17.0. The predicted molar refractivity (Wildman–Crippen MR) is 120 cm³/mol. The van der Waals surface area contributed by atoms with E-state index in [4.69, 9.17) is 11.6 Å². The van der Waals surface area contributed by atoms with Gasteiger partial charge in [0.25, 0.3) is 5.78 Å². The van der Waals surface area contributed by atoms with Crippen LogP contribution in [0.1, 0.15) is 28.8 Å². The van der Waals surface area contributed by atoms with Gasteiger partial charge in [0, 0.05) is 24.0 Å². The summed E-state index contributed by atoms with van der Waals surface area (Å²) in [5.41, 5.74) is 1.92. The lowest BCUT2D eigenvalue weighted by Gasteiger charge is -2.33. The number of H-pyrrole nitrogens is 1. The molecule has 1 aliphatic heterocycles. The monoisotopic (exact) mass is 457 g/mol. The van der Waals surface area contributed by atoms with Gasteiger partial charge in [-0.25, -0.2) is 9.18 Å². The number of aromatic nitrogens is 1. The van der Waals surface area contributed by atoms with Gasteiger partial charge in [0.05, 0.1) is 16.3 Å². The van der Waals surface area contributed by atoms with E-state index in [1.807, 2.05) is 4.90 Å². The summed E-state index contributed by atoms with van der Waals surface area (Å²) in [4.78, 5) is 40.1. The molecule has 2 aromatic carbocycles. The van der Waals surface area contributed by atoms with Crippen molar-refractivity contribution in [1.29, 1.82) is 0 Å². The Kier molecular flexibility index (Phi) is 6.14. The third kappa shape index (κ3) is 4.31. The summed E-state index contributed by atoms with van der Waals surface area (Å²) in [6, 6.07) is 9.56. The van der Waals surface area contributed by atoms with Crippen LogP contribution >= 0.6 is 11.6 Å². The molecule has 32 heavy (non-hydrogen) atoms. The topological polar surface area (TPSA) is 102 Å². The molecule has 1 fully saturated rings. The molecule has 0 aliphatic carbocycles. The summed E-state index contributed by atoms with van der Waals surface area (Å²) in [5.74, 6) is -2.01. The first-order chi connectivity index (χ1) is 15.4. The van der Waals surface area contributed by atoms with Crippen molar-refractivity contribution in [2.75, 3.05) is 23.3 Å². The first-order valence-electron chi connectivity index (χ1n) is 10.2. The minimum atomic E-state index is -1.56. The molecule has 2 heterocycles. The fourth-order valence-corrected chi connectivity index (χ4v) is 4.48. The van der Waals surface area contributed by atoms with Crippen LogP contribution in [0.4, 0.5) is 15.9 Å². The molecule has 4 rings (SSSR count). The van der Waals surface area contributed by atoms with Crippen LogP contribution in [0.2, 0.25) is 5.02 Å². The number of halogens is 2. The summed E-state index contributed by atoms with van der Waals surface area (Å²) in [6.45, 7) is 1.26. The Balaban J connectivity index is 1.61. The zero-order chi connectivity index (χ0) is 22.8. The summed E-state index contributed by atoms with van der Waals surface area (Å²) in [7, 11) is 0. The van der Waals surface area contributed by atoms with Gasteiger partial charge in [-0.1, -0.05) is 23.7 Å².